The van der Waals surface area contributed by atoms with E-state index in [-0.39, 0.29) is 0 Å². The number of allylic oxidation sites excluding steroid dienone is 1. The van der Waals surface area contributed by atoms with E-state index in [2.05, 4.69) is 61.2 Å². The Balaban J connectivity index is 1.83. The van der Waals surface area contributed by atoms with E-state index in [1.807, 2.05) is 12.1 Å². The standard InChI is InChI=1S/C21H26O/c1-2-3-6-15-21(17-16-19-11-7-4-8-12-19)22-18-20-13-9-5-10-14-20/h2,4-5,7-14,21H,1,3,6,15-18H2. The van der Waals surface area contributed by atoms with Crippen LogP contribution in [0, 0.1) is 0 Å². The molecule has 1 nitrogen and oxygen atoms in total. The molecule has 2 aromatic rings. The first-order chi connectivity index (χ1) is 10.9. The van der Waals surface area contributed by atoms with Gasteiger partial charge in [0.05, 0.1) is 12.7 Å². The summed E-state index contributed by atoms with van der Waals surface area (Å²) in [6, 6.07) is 21.1. The van der Waals surface area contributed by atoms with Crippen LogP contribution in [0.4, 0.5) is 0 Å². The topological polar surface area (TPSA) is 9.23 Å². The van der Waals surface area contributed by atoms with Crippen LogP contribution in [-0.2, 0) is 17.8 Å². The molecule has 0 N–H and O–H groups in total. The van der Waals surface area contributed by atoms with Crippen LogP contribution in [0.15, 0.2) is 73.3 Å². The highest BCUT2D eigenvalue weighted by atomic mass is 16.5. The molecule has 0 radical (unpaired) electrons. The summed E-state index contributed by atoms with van der Waals surface area (Å²) in [6.45, 7) is 4.51. The van der Waals surface area contributed by atoms with E-state index in [9.17, 15) is 0 Å². The van der Waals surface area contributed by atoms with Gasteiger partial charge in [0, 0.05) is 0 Å². The van der Waals surface area contributed by atoms with Crippen LogP contribution in [0.5, 0.6) is 0 Å². The van der Waals surface area contributed by atoms with Gasteiger partial charge in [0.25, 0.3) is 0 Å². The van der Waals surface area contributed by atoms with E-state index in [1.54, 1.807) is 0 Å². The van der Waals surface area contributed by atoms with E-state index in [0.717, 1.165) is 32.1 Å². The Kier molecular flexibility index (Phi) is 7.48. The molecule has 116 valence electrons. The van der Waals surface area contributed by atoms with Crippen molar-refractivity contribution in [3.05, 3.63) is 84.4 Å². The van der Waals surface area contributed by atoms with Gasteiger partial charge >= 0.3 is 0 Å². The molecule has 0 spiro atoms. The number of unbranched alkanes of at least 4 members (excludes halogenated alkanes) is 1. The molecule has 0 heterocycles. The number of hydrogen-bond donors (Lipinski definition) is 0. The minimum atomic E-state index is 0.320. The summed E-state index contributed by atoms with van der Waals surface area (Å²) in [4.78, 5) is 0. The maximum atomic E-state index is 6.16. The molecule has 0 bridgehead atoms. The Morgan fingerprint density at radius 1 is 0.864 bits per heavy atom. The molecule has 0 amide bonds. The van der Waals surface area contributed by atoms with Crippen LogP contribution in [0.3, 0.4) is 0 Å². The molecule has 1 heteroatoms. The van der Waals surface area contributed by atoms with E-state index >= 15 is 0 Å². The second-order valence-electron chi connectivity index (χ2n) is 5.66. The van der Waals surface area contributed by atoms with Gasteiger partial charge < -0.3 is 4.74 Å². The van der Waals surface area contributed by atoms with Crippen molar-refractivity contribution in [2.24, 2.45) is 0 Å². The Morgan fingerprint density at radius 3 is 2.14 bits per heavy atom. The lowest BCUT2D eigenvalue weighted by Crippen LogP contribution is -2.14. The zero-order chi connectivity index (χ0) is 15.5. The maximum absolute atomic E-state index is 6.16. The third-order valence-corrected chi connectivity index (χ3v) is 3.86. The van der Waals surface area contributed by atoms with Gasteiger partial charge in [-0.15, -0.1) is 6.58 Å². The second kappa shape index (κ2) is 9.97. The number of benzene rings is 2. The summed E-state index contributed by atoms with van der Waals surface area (Å²) in [6.07, 6.45) is 7.79. The van der Waals surface area contributed by atoms with Crippen molar-refractivity contribution in [1.29, 1.82) is 0 Å². The average molecular weight is 294 g/mol. The predicted molar refractivity (Wildman–Crippen MR) is 93.8 cm³/mol. The molecule has 0 aliphatic rings. The van der Waals surface area contributed by atoms with Crippen molar-refractivity contribution in [3.63, 3.8) is 0 Å². The van der Waals surface area contributed by atoms with Crippen molar-refractivity contribution in [2.45, 2.75) is 44.8 Å². The van der Waals surface area contributed by atoms with Crippen LogP contribution >= 0.6 is 0 Å². The lowest BCUT2D eigenvalue weighted by atomic mass is 10.0. The number of ether oxygens (including phenoxy) is 1. The molecule has 0 saturated carbocycles. The molecular formula is C21H26O. The number of hydrogen-bond acceptors (Lipinski definition) is 1. The van der Waals surface area contributed by atoms with Gasteiger partial charge in [0.1, 0.15) is 0 Å². The number of rotatable bonds is 10. The SMILES string of the molecule is C=CCCCC(CCc1ccccc1)OCc1ccccc1. The minimum Gasteiger partial charge on any atom is -0.374 e. The normalized spacial score (nSPS) is 12.0. The molecule has 0 aliphatic heterocycles. The fraction of sp³-hybridized carbons (Fsp3) is 0.333. The van der Waals surface area contributed by atoms with E-state index in [1.165, 1.54) is 11.1 Å². The third-order valence-electron chi connectivity index (χ3n) is 3.86. The largest absolute Gasteiger partial charge is 0.374 e. The zero-order valence-corrected chi connectivity index (χ0v) is 13.3. The van der Waals surface area contributed by atoms with Gasteiger partial charge in [-0.2, -0.15) is 0 Å². The summed E-state index contributed by atoms with van der Waals surface area (Å²) in [5, 5.41) is 0. The molecular weight excluding hydrogens is 268 g/mol. The lowest BCUT2D eigenvalue weighted by Gasteiger charge is -2.18. The van der Waals surface area contributed by atoms with Crippen molar-refractivity contribution < 1.29 is 4.74 Å². The average Bonchev–Trinajstić information content (AvgIpc) is 2.59. The quantitative estimate of drug-likeness (QED) is 0.411. The summed E-state index contributed by atoms with van der Waals surface area (Å²) in [5.41, 5.74) is 2.63. The van der Waals surface area contributed by atoms with Gasteiger partial charge in [-0.1, -0.05) is 66.7 Å². The molecule has 1 atom stereocenters. The van der Waals surface area contributed by atoms with Crippen LogP contribution in [-0.4, -0.2) is 6.10 Å². The maximum Gasteiger partial charge on any atom is 0.0720 e. The molecule has 2 rings (SSSR count). The fourth-order valence-corrected chi connectivity index (χ4v) is 2.56. The molecule has 2 aromatic carbocycles. The smallest absolute Gasteiger partial charge is 0.0720 e. The molecule has 22 heavy (non-hydrogen) atoms. The Hall–Kier alpha value is -1.86. The molecule has 1 unspecified atom stereocenters. The summed E-state index contributed by atoms with van der Waals surface area (Å²) < 4.78 is 6.16. The number of aryl methyl sites for hydroxylation is 1. The van der Waals surface area contributed by atoms with E-state index in [4.69, 9.17) is 4.74 Å². The van der Waals surface area contributed by atoms with Gasteiger partial charge in [0.2, 0.25) is 0 Å². The summed E-state index contributed by atoms with van der Waals surface area (Å²) in [7, 11) is 0. The fourth-order valence-electron chi connectivity index (χ4n) is 2.56. The van der Waals surface area contributed by atoms with Gasteiger partial charge in [-0.05, 0) is 43.2 Å². The zero-order valence-electron chi connectivity index (χ0n) is 13.3. The molecule has 0 aromatic heterocycles. The van der Waals surface area contributed by atoms with E-state index < -0.39 is 0 Å². The lowest BCUT2D eigenvalue weighted by molar-refractivity contribution is 0.0285. The van der Waals surface area contributed by atoms with Gasteiger partial charge in [-0.25, -0.2) is 0 Å². The molecule has 0 saturated heterocycles. The first-order valence-corrected chi connectivity index (χ1v) is 8.19. The minimum absolute atomic E-state index is 0.320. The Labute approximate surface area is 134 Å². The van der Waals surface area contributed by atoms with Crippen LogP contribution in [0.2, 0.25) is 0 Å². The molecule has 0 aliphatic carbocycles. The Bertz CT molecular complexity index is 475. The monoisotopic (exact) mass is 294 g/mol. The van der Waals surface area contributed by atoms with E-state index in [0.29, 0.717) is 12.7 Å². The van der Waals surface area contributed by atoms with Crippen molar-refractivity contribution >= 4 is 0 Å². The third kappa shape index (κ3) is 6.28. The highest BCUT2D eigenvalue weighted by Gasteiger charge is 2.09. The first kappa shape index (κ1) is 16.5. The van der Waals surface area contributed by atoms with Crippen LogP contribution in [0.1, 0.15) is 36.8 Å². The highest BCUT2D eigenvalue weighted by molar-refractivity contribution is 5.15. The predicted octanol–water partition coefficient (Wildman–Crippen LogP) is 5.56. The Morgan fingerprint density at radius 2 is 1.50 bits per heavy atom. The second-order valence-corrected chi connectivity index (χ2v) is 5.66. The highest BCUT2D eigenvalue weighted by Crippen LogP contribution is 2.15. The summed E-state index contributed by atoms with van der Waals surface area (Å²) in [5.74, 6) is 0. The van der Waals surface area contributed by atoms with Crippen LogP contribution in [0.25, 0.3) is 0 Å². The van der Waals surface area contributed by atoms with Crippen molar-refractivity contribution in [1.82, 2.24) is 0 Å². The van der Waals surface area contributed by atoms with Gasteiger partial charge in [0.15, 0.2) is 0 Å². The van der Waals surface area contributed by atoms with Crippen LogP contribution < -0.4 is 0 Å². The van der Waals surface area contributed by atoms with Crippen molar-refractivity contribution in [2.75, 3.05) is 0 Å². The van der Waals surface area contributed by atoms with Gasteiger partial charge in [-0.3, -0.25) is 0 Å². The van der Waals surface area contributed by atoms with Crippen molar-refractivity contribution in [3.8, 4) is 0 Å². The summed E-state index contributed by atoms with van der Waals surface area (Å²) >= 11 is 0. The first-order valence-electron chi connectivity index (χ1n) is 8.19. The molecule has 0 fully saturated rings.